The quantitative estimate of drug-likeness (QED) is 0.663. The van der Waals surface area contributed by atoms with Gasteiger partial charge in [0.1, 0.15) is 24.3 Å². The number of aryl methyl sites for hydroxylation is 1. The third kappa shape index (κ3) is 3.40. The Labute approximate surface area is 148 Å². The van der Waals surface area contributed by atoms with Crippen LogP contribution in [0.3, 0.4) is 0 Å². The van der Waals surface area contributed by atoms with Gasteiger partial charge in [-0.15, -0.1) is 0 Å². The minimum Gasteiger partial charge on any atom is -0.492 e. The van der Waals surface area contributed by atoms with E-state index in [0.717, 1.165) is 55.0 Å². The molecule has 1 atom stereocenters. The molecule has 4 nitrogen and oxygen atoms in total. The van der Waals surface area contributed by atoms with Crippen LogP contribution in [0.25, 0.3) is 11.0 Å². The van der Waals surface area contributed by atoms with Crippen molar-refractivity contribution in [3.63, 3.8) is 0 Å². The average Bonchev–Trinajstić information content (AvgIpc) is 3.30. The van der Waals surface area contributed by atoms with Gasteiger partial charge >= 0.3 is 0 Å². The summed E-state index contributed by atoms with van der Waals surface area (Å²) in [6.45, 7) is 4.37. The molecule has 3 aromatic rings. The molecule has 0 spiro atoms. The van der Waals surface area contributed by atoms with E-state index in [0.29, 0.717) is 6.61 Å². The minimum atomic E-state index is 0.108. The Morgan fingerprint density at radius 2 is 2.00 bits per heavy atom. The van der Waals surface area contributed by atoms with Gasteiger partial charge in [-0.25, -0.2) is 4.98 Å². The van der Waals surface area contributed by atoms with Gasteiger partial charge in [0.2, 0.25) is 0 Å². The maximum Gasteiger partial charge on any atom is 0.139 e. The summed E-state index contributed by atoms with van der Waals surface area (Å²) in [6, 6.07) is 16.6. The predicted octanol–water partition coefficient (Wildman–Crippen LogP) is 4.53. The summed E-state index contributed by atoms with van der Waals surface area (Å²) < 4.78 is 14.1. The van der Waals surface area contributed by atoms with Crippen molar-refractivity contribution in [2.75, 3.05) is 13.2 Å². The van der Waals surface area contributed by atoms with Gasteiger partial charge in [0.05, 0.1) is 17.6 Å². The molecule has 4 heteroatoms. The number of hydrogen-bond acceptors (Lipinski definition) is 3. The summed E-state index contributed by atoms with van der Waals surface area (Å²) in [4.78, 5) is 4.83. The van der Waals surface area contributed by atoms with Crippen LogP contribution in [-0.4, -0.2) is 22.8 Å². The molecule has 0 aliphatic carbocycles. The topological polar surface area (TPSA) is 36.3 Å². The molecule has 1 fully saturated rings. The van der Waals surface area contributed by atoms with Gasteiger partial charge in [-0.1, -0.05) is 31.2 Å². The molecule has 130 valence electrons. The second kappa shape index (κ2) is 7.28. The fraction of sp³-hybridized carbons (Fsp3) is 0.381. The summed E-state index contributed by atoms with van der Waals surface area (Å²) in [5.74, 6) is 1.95. The number of para-hydroxylation sites is 2. The lowest BCUT2D eigenvalue weighted by atomic mass is 10.2. The number of rotatable bonds is 6. The van der Waals surface area contributed by atoms with Gasteiger partial charge in [-0.2, -0.15) is 0 Å². The molecule has 1 aliphatic heterocycles. The van der Waals surface area contributed by atoms with Gasteiger partial charge in [0.15, 0.2) is 0 Å². The van der Waals surface area contributed by atoms with Crippen LogP contribution in [0.5, 0.6) is 5.75 Å². The molecule has 0 radical (unpaired) electrons. The number of nitrogens with zero attached hydrogens (tertiary/aromatic N) is 2. The molecule has 2 heterocycles. The van der Waals surface area contributed by atoms with Gasteiger partial charge in [-0.3, -0.25) is 0 Å². The Balaban J connectivity index is 1.52. The largest absolute Gasteiger partial charge is 0.492 e. The van der Waals surface area contributed by atoms with Gasteiger partial charge in [-0.05, 0) is 49.1 Å². The predicted molar refractivity (Wildman–Crippen MR) is 99.0 cm³/mol. The molecule has 0 saturated carbocycles. The van der Waals surface area contributed by atoms with Crippen molar-refractivity contribution in [3.05, 3.63) is 59.9 Å². The van der Waals surface area contributed by atoms with E-state index in [4.69, 9.17) is 14.5 Å². The SMILES string of the molecule is CCc1ccc(OCCn2c([C@@H]3CCCO3)nc3ccccc32)cc1. The molecule has 0 bridgehead atoms. The summed E-state index contributed by atoms with van der Waals surface area (Å²) in [5, 5.41) is 0. The van der Waals surface area contributed by atoms with Gasteiger partial charge in [0, 0.05) is 6.61 Å². The van der Waals surface area contributed by atoms with Gasteiger partial charge < -0.3 is 14.0 Å². The number of ether oxygens (including phenoxy) is 2. The Kier molecular flexibility index (Phi) is 4.70. The van der Waals surface area contributed by atoms with E-state index in [1.807, 2.05) is 18.2 Å². The maximum atomic E-state index is 5.96. The normalized spacial score (nSPS) is 17.2. The molecule has 0 unspecified atom stereocenters. The standard InChI is InChI=1S/C21H24N2O2/c1-2-16-9-11-17(12-10-16)24-15-13-23-19-7-4-3-6-18(19)22-21(23)20-8-5-14-25-20/h3-4,6-7,9-12,20H,2,5,8,13-15H2,1H3/t20-/m0/s1. The van der Waals surface area contributed by atoms with Crippen LogP contribution in [0.2, 0.25) is 0 Å². The molecule has 0 amide bonds. The van der Waals surface area contributed by atoms with Gasteiger partial charge in [0.25, 0.3) is 0 Å². The number of hydrogen-bond donors (Lipinski definition) is 0. The molecule has 1 aromatic heterocycles. The fourth-order valence-electron chi connectivity index (χ4n) is 3.43. The lowest BCUT2D eigenvalue weighted by molar-refractivity contribution is 0.101. The van der Waals surface area contributed by atoms with Crippen molar-refractivity contribution < 1.29 is 9.47 Å². The smallest absolute Gasteiger partial charge is 0.139 e. The van der Waals surface area contributed by atoms with Crippen LogP contribution < -0.4 is 4.74 Å². The van der Waals surface area contributed by atoms with Crippen molar-refractivity contribution in [2.24, 2.45) is 0 Å². The van der Waals surface area contributed by atoms with Crippen molar-refractivity contribution >= 4 is 11.0 Å². The highest BCUT2D eigenvalue weighted by molar-refractivity contribution is 5.76. The van der Waals surface area contributed by atoms with Crippen LogP contribution in [0.4, 0.5) is 0 Å². The van der Waals surface area contributed by atoms with Crippen LogP contribution in [0, 0.1) is 0 Å². The zero-order valence-corrected chi connectivity index (χ0v) is 14.6. The van der Waals surface area contributed by atoms with E-state index in [-0.39, 0.29) is 6.10 Å². The first-order chi connectivity index (χ1) is 12.3. The molecular formula is C21H24N2O2. The Hall–Kier alpha value is -2.33. The third-order valence-corrected chi connectivity index (χ3v) is 4.82. The second-order valence-electron chi connectivity index (χ2n) is 6.46. The first-order valence-corrected chi connectivity index (χ1v) is 9.13. The Bertz CT molecular complexity index is 833. The monoisotopic (exact) mass is 336 g/mol. The van der Waals surface area contributed by atoms with Crippen LogP contribution in [0.15, 0.2) is 48.5 Å². The number of imidazole rings is 1. The lowest BCUT2D eigenvalue weighted by Gasteiger charge is -2.14. The van der Waals surface area contributed by atoms with E-state index in [2.05, 4.69) is 41.8 Å². The molecule has 1 aliphatic rings. The highest BCUT2D eigenvalue weighted by atomic mass is 16.5. The van der Waals surface area contributed by atoms with Crippen LogP contribution >= 0.6 is 0 Å². The Morgan fingerprint density at radius 3 is 2.76 bits per heavy atom. The summed E-state index contributed by atoms with van der Waals surface area (Å²) in [5.41, 5.74) is 3.51. The lowest BCUT2D eigenvalue weighted by Crippen LogP contribution is -2.13. The molecule has 25 heavy (non-hydrogen) atoms. The van der Waals surface area contributed by atoms with E-state index >= 15 is 0 Å². The summed E-state index contributed by atoms with van der Waals surface area (Å²) in [6.07, 6.45) is 3.30. The summed E-state index contributed by atoms with van der Waals surface area (Å²) in [7, 11) is 0. The molecule has 1 saturated heterocycles. The van der Waals surface area contributed by atoms with Crippen molar-refractivity contribution in [1.29, 1.82) is 0 Å². The number of benzene rings is 2. The zero-order valence-electron chi connectivity index (χ0n) is 14.6. The van der Waals surface area contributed by atoms with Crippen molar-refractivity contribution in [3.8, 4) is 5.75 Å². The number of fused-ring (bicyclic) bond motifs is 1. The second-order valence-corrected chi connectivity index (χ2v) is 6.46. The zero-order chi connectivity index (χ0) is 17.1. The summed E-state index contributed by atoms with van der Waals surface area (Å²) >= 11 is 0. The Morgan fingerprint density at radius 1 is 1.16 bits per heavy atom. The third-order valence-electron chi connectivity index (χ3n) is 4.82. The van der Waals surface area contributed by atoms with Crippen molar-refractivity contribution in [1.82, 2.24) is 9.55 Å². The van der Waals surface area contributed by atoms with Crippen LogP contribution in [-0.2, 0) is 17.7 Å². The highest BCUT2D eigenvalue weighted by Crippen LogP contribution is 2.30. The van der Waals surface area contributed by atoms with E-state index < -0.39 is 0 Å². The first kappa shape index (κ1) is 16.2. The molecular weight excluding hydrogens is 312 g/mol. The van der Waals surface area contributed by atoms with E-state index in [1.54, 1.807) is 0 Å². The van der Waals surface area contributed by atoms with Crippen molar-refractivity contribution in [2.45, 2.75) is 38.8 Å². The van der Waals surface area contributed by atoms with E-state index in [9.17, 15) is 0 Å². The molecule has 2 aromatic carbocycles. The van der Waals surface area contributed by atoms with E-state index in [1.165, 1.54) is 5.56 Å². The fourth-order valence-corrected chi connectivity index (χ4v) is 3.43. The number of aromatic nitrogens is 2. The highest BCUT2D eigenvalue weighted by Gasteiger charge is 2.24. The molecule has 4 rings (SSSR count). The average molecular weight is 336 g/mol. The first-order valence-electron chi connectivity index (χ1n) is 9.13. The molecule has 0 N–H and O–H groups in total. The maximum absolute atomic E-state index is 5.96. The minimum absolute atomic E-state index is 0.108. The van der Waals surface area contributed by atoms with Crippen LogP contribution in [0.1, 0.15) is 37.3 Å².